The van der Waals surface area contributed by atoms with Gasteiger partial charge in [-0.1, -0.05) is 18.2 Å². The molecule has 1 unspecified atom stereocenters. The second-order valence-electron chi connectivity index (χ2n) is 4.30. The van der Waals surface area contributed by atoms with Crippen molar-refractivity contribution in [1.29, 1.82) is 0 Å². The molecule has 0 aliphatic rings. The van der Waals surface area contributed by atoms with Crippen molar-refractivity contribution in [3.8, 4) is 0 Å². The van der Waals surface area contributed by atoms with Crippen molar-refractivity contribution in [2.24, 2.45) is 0 Å². The van der Waals surface area contributed by atoms with Crippen LogP contribution in [-0.2, 0) is 0 Å². The maximum atomic E-state index is 12.5. The van der Waals surface area contributed by atoms with Gasteiger partial charge in [0.15, 0.2) is 11.8 Å². The highest BCUT2D eigenvalue weighted by molar-refractivity contribution is 5.99. The van der Waals surface area contributed by atoms with E-state index in [2.05, 4.69) is 5.32 Å². The highest BCUT2D eigenvalue weighted by atomic mass is 16.3. The summed E-state index contributed by atoms with van der Waals surface area (Å²) < 4.78 is 10.5. The van der Waals surface area contributed by atoms with Gasteiger partial charge in [0, 0.05) is 5.69 Å². The monoisotopic (exact) mass is 267 g/mol. The summed E-state index contributed by atoms with van der Waals surface area (Å²) in [5, 5.41) is 3.17. The molecule has 0 aliphatic carbocycles. The topological polar surface area (TPSA) is 55.4 Å². The Morgan fingerprint density at radius 3 is 2.30 bits per heavy atom. The summed E-state index contributed by atoms with van der Waals surface area (Å²) in [7, 11) is 0. The maximum absolute atomic E-state index is 12.5. The maximum Gasteiger partial charge on any atom is 0.227 e. The van der Waals surface area contributed by atoms with Gasteiger partial charge in [0.2, 0.25) is 5.78 Å². The Hall–Kier alpha value is -2.75. The van der Waals surface area contributed by atoms with Crippen LogP contribution in [-0.4, -0.2) is 5.78 Å². The van der Waals surface area contributed by atoms with Crippen molar-refractivity contribution in [2.45, 2.75) is 6.04 Å². The van der Waals surface area contributed by atoms with Crippen LogP contribution in [0.25, 0.3) is 0 Å². The Labute approximate surface area is 116 Å². The molecule has 0 fully saturated rings. The molecule has 1 N–H and O–H groups in total. The average molecular weight is 267 g/mol. The summed E-state index contributed by atoms with van der Waals surface area (Å²) in [6.45, 7) is 0. The van der Waals surface area contributed by atoms with E-state index in [1.54, 1.807) is 30.5 Å². The second kappa shape index (κ2) is 5.48. The summed E-state index contributed by atoms with van der Waals surface area (Å²) in [6, 6.07) is 15.8. The summed E-state index contributed by atoms with van der Waals surface area (Å²) in [4.78, 5) is 12.5. The number of furan rings is 2. The van der Waals surface area contributed by atoms with Gasteiger partial charge in [-0.15, -0.1) is 0 Å². The summed E-state index contributed by atoms with van der Waals surface area (Å²) in [6.07, 6.45) is 3.03. The van der Waals surface area contributed by atoms with Crippen molar-refractivity contribution < 1.29 is 13.6 Å². The van der Waals surface area contributed by atoms with Gasteiger partial charge in [-0.2, -0.15) is 0 Å². The highest BCUT2D eigenvalue weighted by Crippen LogP contribution is 2.24. The number of rotatable bonds is 5. The molecular formula is C16H13NO3. The van der Waals surface area contributed by atoms with Crippen molar-refractivity contribution in [1.82, 2.24) is 0 Å². The van der Waals surface area contributed by atoms with Crippen molar-refractivity contribution >= 4 is 11.5 Å². The molecule has 0 bridgehead atoms. The lowest BCUT2D eigenvalue weighted by atomic mass is 10.1. The molecule has 3 rings (SSSR count). The van der Waals surface area contributed by atoms with E-state index in [-0.39, 0.29) is 5.78 Å². The molecule has 4 heteroatoms. The Morgan fingerprint density at radius 2 is 1.65 bits per heavy atom. The van der Waals surface area contributed by atoms with Gasteiger partial charge in [0.05, 0.1) is 12.5 Å². The predicted octanol–water partition coefficient (Wildman–Crippen LogP) is 3.91. The van der Waals surface area contributed by atoms with Crippen LogP contribution >= 0.6 is 0 Å². The van der Waals surface area contributed by atoms with Crippen molar-refractivity contribution in [3.63, 3.8) is 0 Å². The normalized spacial score (nSPS) is 12.0. The first-order chi connectivity index (χ1) is 9.84. The van der Waals surface area contributed by atoms with Gasteiger partial charge < -0.3 is 14.2 Å². The molecule has 0 saturated heterocycles. The summed E-state index contributed by atoms with van der Waals surface area (Å²) in [5.41, 5.74) is 0.841. The van der Waals surface area contributed by atoms with E-state index in [4.69, 9.17) is 8.83 Å². The zero-order chi connectivity index (χ0) is 13.8. The fourth-order valence-corrected chi connectivity index (χ4v) is 1.98. The van der Waals surface area contributed by atoms with E-state index >= 15 is 0 Å². The van der Waals surface area contributed by atoms with E-state index in [1.807, 2.05) is 30.3 Å². The fourth-order valence-electron chi connectivity index (χ4n) is 1.98. The zero-order valence-corrected chi connectivity index (χ0v) is 10.7. The zero-order valence-electron chi connectivity index (χ0n) is 10.7. The van der Waals surface area contributed by atoms with Crippen LogP contribution in [0.2, 0.25) is 0 Å². The van der Waals surface area contributed by atoms with E-state index in [0.717, 1.165) is 5.69 Å². The van der Waals surface area contributed by atoms with Gasteiger partial charge in [-0.05, 0) is 36.4 Å². The molecule has 1 atom stereocenters. The van der Waals surface area contributed by atoms with Crippen LogP contribution in [0.3, 0.4) is 0 Å². The molecule has 0 aliphatic heterocycles. The van der Waals surface area contributed by atoms with Crippen LogP contribution in [0, 0.1) is 0 Å². The van der Waals surface area contributed by atoms with Crippen LogP contribution in [0.4, 0.5) is 5.69 Å². The van der Waals surface area contributed by atoms with Gasteiger partial charge in [0.1, 0.15) is 5.76 Å². The molecule has 0 radical (unpaired) electrons. The van der Waals surface area contributed by atoms with Gasteiger partial charge in [-0.25, -0.2) is 0 Å². The first-order valence-electron chi connectivity index (χ1n) is 6.27. The summed E-state index contributed by atoms with van der Waals surface area (Å²) in [5.74, 6) is 0.680. The largest absolute Gasteiger partial charge is 0.467 e. The van der Waals surface area contributed by atoms with Crippen LogP contribution < -0.4 is 5.32 Å². The molecule has 3 aromatic rings. The molecule has 0 saturated carbocycles. The number of anilines is 1. The molecule has 1 aromatic carbocycles. The van der Waals surface area contributed by atoms with E-state index in [9.17, 15) is 4.79 Å². The molecule has 2 heterocycles. The van der Waals surface area contributed by atoms with E-state index < -0.39 is 6.04 Å². The third-order valence-corrected chi connectivity index (χ3v) is 2.94. The lowest BCUT2D eigenvalue weighted by molar-refractivity contribution is 0.0934. The SMILES string of the molecule is O=C(c1ccco1)C(Nc1ccccc1)c1ccco1. The number of hydrogen-bond donors (Lipinski definition) is 1. The number of nitrogens with one attached hydrogen (secondary N) is 1. The minimum absolute atomic E-state index is 0.172. The van der Waals surface area contributed by atoms with Gasteiger partial charge in [0.25, 0.3) is 0 Å². The third-order valence-electron chi connectivity index (χ3n) is 2.94. The predicted molar refractivity (Wildman–Crippen MR) is 74.6 cm³/mol. The Bertz CT molecular complexity index is 657. The number of ketones is 1. The Balaban J connectivity index is 1.91. The first-order valence-corrected chi connectivity index (χ1v) is 6.27. The molecule has 0 spiro atoms. The third kappa shape index (κ3) is 2.49. The Morgan fingerprint density at radius 1 is 0.900 bits per heavy atom. The summed E-state index contributed by atoms with van der Waals surface area (Å²) >= 11 is 0. The van der Waals surface area contributed by atoms with E-state index in [1.165, 1.54) is 6.26 Å². The van der Waals surface area contributed by atoms with Gasteiger partial charge in [-0.3, -0.25) is 4.79 Å². The molecule has 20 heavy (non-hydrogen) atoms. The fraction of sp³-hybridized carbons (Fsp3) is 0.0625. The molecule has 2 aromatic heterocycles. The van der Waals surface area contributed by atoms with Crippen LogP contribution in [0.15, 0.2) is 76.0 Å². The van der Waals surface area contributed by atoms with Gasteiger partial charge >= 0.3 is 0 Å². The molecular weight excluding hydrogens is 254 g/mol. The lowest BCUT2D eigenvalue weighted by Crippen LogP contribution is -2.20. The number of hydrogen-bond acceptors (Lipinski definition) is 4. The van der Waals surface area contributed by atoms with Crippen LogP contribution in [0.5, 0.6) is 0 Å². The lowest BCUT2D eigenvalue weighted by Gasteiger charge is -2.15. The smallest absolute Gasteiger partial charge is 0.227 e. The number of para-hydroxylation sites is 1. The molecule has 0 amide bonds. The van der Waals surface area contributed by atoms with Crippen LogP contribution in [0.1, 0.15) is 22.4 Å². The second-order valence-corrected chi connectivity index (χ2v) is 4.30. The average Bonchev–Trinajstić information content (AvgIpc) is 3.18. The highest BCUT2D eigenvalue weighted by Gasteiger charge is 2.26. The standard InChI is InChI=1S/C16H13NO3/c18-16(14-9-5-11-20-14)15(13-8-4-10-19-13)17-12-6-2-1-3-7-12/h1-11,15,17H. The molecule has 100 valence electrons. The van der Waals surface area contributed by atoms with E-state index in [0.29, 0.717) is 11.5 Å². The minimum Gasteiger partial charge on any atom is -0.467 e. The Kier molecular flexibility index (Phi) is 3.37. The number of carbonyl (C=O) groups is 1. The number of Topliss-reactive ketones (excluding diaryl/α,β-unsaturated/α-hetero) is 1. The van der Waals surface area contributed by atoms with Crippen molar-refractivity contribution in [3.05, 3.63) is 78.6 Å². The quantitative estimate of drug-likeness (QED) is 0.712. The first kappa shape index (κ1) is 12.3. The number of carbonyl (C=O) groups excluding carboxylic acids is 1. The minimum atomic E-state index is -0.612. The molecule has 4 nitrogen and oxygen atoms in total. The van der Waals surface area contributed by atoms with Crippen molar-refractivity contribution in [2.75, 3.05) is 5.32 Å². The number of benzene rings is 1.